The Morgan fingerprint density at radius 3 is 2.37 bits per heavy atom. The van der Waals surface area contributed by atoms with Crippen molar-refractivity contribution in [1.29, 1.82) is 0 Å². The van der Waals surface area contributed by atoms with Crippen LogP contribution in [0.15, 0.2) is 77.7 Å². The maximum Gasteiger partial charge on any atom is 0.251 e. The molecular weight excluding hydrogens is 538 g/mol. The fourth-order valence-electron chi connectivity index (χ4n) is 6.16. The molecule has 0 spiro atoms. The summed E-state index contributed by atoms with van der Waals surface area (Å²) in [5, 5.41) is 11.7. The van der Waals surface area contributed by atoms with Crippen LogP contribution in [-0.4, -0.2) is 50.7 Å². The zero-order valence-electron chi connectivity index (χ0n) is 25.0. The molecule has 8 nitrogen and oxygen atoms in total. The van der Waals surface area contributed by atoms with Gasteiger partial charge in [-0.25, -0.2) is 0 Å². The van der Waals surface area contributed by atoms with Gasteiger partial charge in [0, 0.05) is 54.1 Å². The number of rotatable bonds is 8. The molecule has 1 saturated heterocycles. The number of piperidine rings is 1. The van der Waals surface area contributed by atoms with E-state index in [0.717, 1.165) is 60.1 Å². The summed E-state index contributed by atoms with van der Waals surface area (Å²) >= 11 is 0. The number of carbonyl (C=O) groups excluding carboxylic acids is 1. The number of hydrogen-bond donors (Lipinski definition) is 1. The van der Waals surface area contributed by atoms with Crippen LogP contribution in [-0.2, 0) is 6.54 Å². The summed E-state index contributed by atoms with van der Waals surface area (Å²) in [6.07, 6.45) is 9.03. The molecule has 8 heteroatoms. The van der Waals surface area contributed by atoms with Gasteiger partial charge in [-0.3, -0.25) is 9.59 Å². The van der Waals surface area contributed by atoms with Crippen LogP contribution in [0.2, 0.25) is 0 Å². The molecule has 0 radical (unpaired) electrons. The highest BCUT2D eigenvalue weighted by molar-refractivity contribution is 5.95. The van der Waals surface area contributed by atoms with E-state index in [-0.39, 0.29) is 17.5 Å². The van der Waals surface area contributed by atoms with Crippen LogP contribution in [0.3, 0.4) is 0 Å². The van der Waals surface area contributed by atoms with E-state index in [9.17, 15) is 9.59 Å². The molecule has 3 heterocycles. The van der Waals surface area contributed by atoms with Gasteiger partial charge in [-0.2, -0.15) is 10.2 Å². The van der Waals surface area contributed by atoms with Crippen molar-refractivity contribution in [3.63, 3.8) is 0 Å². The van der Waals surface area contributed by atoms with E-state index in [0.29, 0.717) is 23.6 Å². The summed E-state index contributed by atoms with van der Waals surface area (Å²) in [6.45, 7) is 6.21. The minimum Gasteiger partial charge on any atom is -0.457 e. The van der Waals surface area contributed by atoms with Crippen LogP contribution in [0.5, 0.6) is 11.5 Å². The van der Waals surface area contributed by atoms with Crippen LogP contribution < -0.4 is 15.6 Å². The Bertz CT molecular complexity index is 1620. The number of aromatic nitrogens is 3. The molecule has 6 rings (SSSR count). The molecule has 222 valence electrons. The first-order valence-electron chi connectivity index (χ1n) is 15.3. The fraction of sp³-hybridized carbons (Fsp3) is 0.371. The van der Waals surface area contributed by atoms with Crippen LogP contribution >= 0.6 is 0 Å². The summed E-state index contributed by atoms with van der Waals surface area (Å²) in [4.78, 5) is 28.7. The molecule has 1 aliphatic heterocycles. The SMILES string of the molecule is Cc1ccn(Cc2ccc(C(=O)NC3CCN(C4CCCC4)CC3)cc2Oc2ccc(-c3ccc(C)nn3)cc2)c(=O)c1. The number of likely N-dealkylation sites (tertiary alicyclic amines) is 1. The van der Waals surface area contributed by atoms with Gasteiger partial charge in [0.2, 0.25) is 0 Å². The largest absolute Gasteiger partial charge is 0.457 e. The number of hydrogen-bond acceptors (Lipinski definition) is 6. The molecule has 1 amide bonds. The maximum atomic E-state index is 13.4. The summed E-state index contributed by atoms with van der Waals surface area (Å²) in [5.41, 5.74) is 4.75. The Hall–Kier alpha value is -4.30. The highest BCUT2D eigenvalue weighted by atomic mass is 16.5. The Kier molecular flexibility index (Phi) is 8.65. The maximum absolute atomic E-state index is 13.4. The van der Waals surface area contributed by atoms with Gasteiger partial charge in [0.1, 0.15) is 11.5 Å². The lowest BCUT2D eigenvalue weighted by Crippen LogP contribution is -2.47. The number of ether oxygens (including phenoxy) is 1. The number of pyridine rings is 1. The van der Waals surface area contributed by atoms with Crippen LogP contribution in [0.25, 0.3) is 11.3 Å². The molecule has 2 aromatic heterocycles. The third-order valence-corrected chi connectivity index (χ3v) is 8.70. The number of aryl methyl sites for hydroxylation is 2. The second-order valence-corrected chi connectivity index (χ2v) is 11.9. The van der Waals surface area contributed by atoms with E-state index in [4.69, 9.17) is 4.74 Å². The van der Waals surface area contributed by atoms with E-state index in [2.05, 4.69) is 20.4 Å². The van der Waals surface area contributed by atoms with Crippen molar-refractivity contribution >= 4 is 5.91 Å². The molecule has 2 fully saturated rings. The van der Waals surface area contributed by atoms with Gasteiger partial charge >= 0.3 is 0 Å². The van der Waals surface area contributed by atoms with Gasteiger partial charge in [0.25, 0.3) is 11.5 Å². The molecule has 2 aliphatic rings. The number of nitrogens with zero attached hydrogens (tertiary/aromatic N) is 4. The lowest BCUT2D eigenvalue weighted by Gasteiger charge is -2.36. The minimum atomic E-state index is -0.100. The van der Waals surface area contributed by atoms with Crippen molar-refractivity contribution in [3.8, 4) is 22.8 Å². The Morgan fingerprint density at radius 1 is 0.907 bits per heavy atom. The first-order chi connectivity index (χ1) is 20.9. The highest BCUT2D eigenvalue weighted by Crippen LogP contribution is 2.30. The van der Waals surface area contributed by atoms with Gasteiger partial charge in [0.05, 0.1) is 17.9 Å². The third kappa shape index (κ3) is 7.03. The van der Waals surface area contributed by atoms with Crippen molar-refractivity contribution in [2.45, 2.75) is 71.0 Å². The molecule has 1 aliphatic carbocycles. The fourth-order valence-corrected chi connectivity index (χ4v) is 6.16. The smallest absolute Gasteiger partial charge is 0.251 e. The van der Waals surface area contributed by atoms with E-state index in [1.54, 1.807) is 22.9 Å². The second-order valence-electron chi connectivity index (χ2n) is 11.9. The highest BCUT2D eigenvalue weighted by Gasteiger charge is 2.28. The molecule has 43 heavy (non-hydrogen) atoms. The quantitative estimate of drug-likeness (QED) is 0.281. The second kappa shape index (κ2) is 12.9. The van der Waals surface area contributed by atoms with Gasteiger partial charge in [-0.1, -0.05) is 18.9 Å². The van der Waals surface area contributed by atoms with Crippen LogP contribution in [0, 0.1) is 13.8 Å². The van der Waals surface area contributed by atoms with E-state index in [1.807, 2.05) is 68.4 Å². The van der Waals surface area contributed by atoms with Crippen molar-refractivity contribution in [2.24, 2.45) is 0 Å². The molecular formula is C35H39N5O3. The lowest BCUT2D eigenvalue weighted by molar-refractivity contribution is 0.0892. The van der Waals surface area contributed by atoms with Gasteiger partial charge in [-0.15, -0.1) is 0 Å². The Morgan fingerprint density at radius 2 is 1.67 bits per heavy atom. The van der Waals surface area contributed by atoms with E-state index >= 15 is 0 Å². The van der Waals surface area contributed by atoms with E-state index < -0.39 is 0 Å². The van der Waals surface area contributed by atoms with Gasteiger partial charge in [-0.05, 0) is 99.7 Å². The summed E-state index contributed by atoms with van der Waals surface area (Å²) in [7, 11) is 0. The van der Waals surface area contributed by atoms with Crippen LogP contribution in [0.1, 0.15) is 65.7 Å². The number of benzene rings is 2. The molecule has 4 aromatic rings. The third-order valence-electron chi connectivity index (χ3n) is 8.70. The summed E-state index contributed by atoms with van der Waals surface area (Å²) in [5.74, 6) is 1.06. The van der Waals surface area contributed by atoms with Gasteiger partial charge in [0.15, 0.2) is 0 Å². The molecule has 1 N–H and O–H groups in total. The monoisotopic (exact) mass is 577 g/mol. The molecule has 1 saturated carbocycles. The van der Waals surface area contributed by atoms with E-state index in [1.165, 1.54) is 25.7 Å². The Balaban J connectivity index is 1.20. The molecule has 0 atom stereocenters. The lowest BCUT2D eigenvalue weighted by atomic mass is 10.0. The van der Waals surface area contributed by atoms with Crippen LogP contribution in [0.4, 0.5) is 0 Å². The van der Waals surface area contributed by atoms with Crippen molar-refractivity contribution in [3.05, 3.63) is 106 Å². The zero-order chi connectivity index (χ0) is 29.8. The topological polar surface area (TPSA) is 89.3 Å². The number of nitrogens with one attached hydrogen (secondary N) is 1. The predicted molar refractivity (Wildman–Crippen MR) is 168 cm³/mol. The van der Waals surface area contributed by atoms with Gasteiger partial charge < -0.3 is 19.5 Å². The average Bonchev–Trinajstić information content (AvgIpc) is 3.56. The zero-order valence-corrected chi connectivity index (χ0v) is 25.0. The predicted octanol–water partition coefficient (Wildman–Crippen LogP) is 5.90. The molecule has 0 bridgehead atoms. The summed E-state index contributed by atoms with van der Waals surface area (Å²) in [6, 6.07) is 21.4. The van der Waals surface area contributed by atoms with Crippen molar-refractivity contribution in [2.75, 3.05) is 13.1 Å². The summed E-state index contributed by atoms with van der Waals surface area (Å²) < 4.78 is 8.01. The normalized spacial score (nSPS) is 16.3. The first-order valence-corrected chi connectivity index (χ1v) is 15.3. The number of amides is 1. The molecule has 2 aromatic carbocycles. The average molecular weight is 578 g/mol. The van der Waals surface area contributed by atoms with Crippen molar-refractivity contribution < 1.29 is 9.53 Å². The number of carbonyl (C=O) groups is 1. The first kappa shape index (κ1) is 28.8. The van der Waals surface area contributed by atoms with Crippen molar-refractivity contribution in [1.82, 2.24) is 25.0 Å². The molecule has 0 unspecified atom stereocenters. The standard InChI is InChI=1S/C35H39N5O3/c1-24-15-18-40(34(41)21-24)23-28-9-8-27(35(42)36-29-16-19-39(20-17-29)30-5-3-4-6-30)22-33(28)43-31-12-10-26(11-13-31)32-14-7-25(2)37-38-32/h7-15,18,21-22,29-30H,3-6,16-17,19-20,23H2,1-2H3,(H,36,42). The minimum absolute atomic E-state index is 0.0831. The Labute approximate surface area is 252 Å².